The third kappa shape index (κ3) is 6.94. The van der Waals surface area contributed by atoms with E-state index in [1.54, 1.807) is 0 Å². The van der Waals surface area contributed by atoms with Gasteiger partial charge < -0.3 is 15.4 Å². The van der Waals surface area contributed by atoms with Crippen molar-refractivity contribution in [2.75, 3.05) is 51.8 Å². The Bertz CT molecular complexity index is 1630. The fourth-order valence-corrected chi connectivity index (χ4v) is 4.89. The van der Waals surface area contributed by atoms with Crippen LogP contribution in [-0.2, 0) is 23.9 Å². The molecule has 0 aliphatic carbocycles. The van der Waals surface area contributed by atoms with E-state index in [9.17, 15) is 22.8 Å². The van der Waals surface area contributed by atoms with Gasteiger partial charge in [0.2, 0.25) is 0 Å². The normalized spacial score (nSPS) is 14.2. The van der Waals surface area contributed by atoms with Gasteiger partial charge in [-0.15, -0.1) is 0 Å². The number of morpholine rings is 1. The highest BCUT2D eigenvalue weighted by Crippen LogP contribution is 2.34. The minimum absolute atomic E-state index is 0.147. The summed E-state index contributed by atoms with van der Waals surface area (Å²) in [6.07, 6.45) is -2.46. The molecule has 1 aliphatic rings. The van der Waals surface area contributed by atoms with Gasteiger partial charge in [-0.25, -0.2) is 4.68 Å². The topological polar surface area (TPSA) is 101 Å². The molecule has 12 heteroatoms. The number of anilines is 1. The van der Waals surface area contributed by atoms with Crippen molar-refractivity contribution in [2.24, 2.45) is 0 Å². The van der Waals surface area contributed by atoms with Crippen LogP contribution < -0.4 is 16.2 Å². The summed E-state index contributed by atoms with van der Waals surface area (Å²) in [6.45, 7) is 5.32. The molecule has 1 aliphatic heterocycles. The molecule has 0 radical (unpaired) electrons. The Kier molecular flexibility index (Phi) is 8.83. The van der Waals surface area contributed by atoms with Gasteiger partial charge >= 0.3 is 6.18 Å². The van der Waals surface area contributed by atoms with E-state index in [1.165, 1.54) is 29.9 Å². The summed E-state index contributed by atoms with van der Waals surface area (Å²) in [5.41, 5.74) is 1.14. The van der Waals surface area contributed by atoms with Crippen molar-refractivity contribution in [1.29, 1.82) is 0 Å². The summed E-state index contributed by atoms with van der Waals surface area (Å²) < 4.78 is 47.7. The maximum absolute atomic E-state index is 13.7. The number of carbonyl (C=O) groups excluding carboxylic acids is 1. The molecule has 5 rings (SSSR count). The number of carbonyl (C=O) groups is 1. The maximum atomic E-state index is 13.7. The zero-order chi connectivity index (χ0) is 29.7. The maximum Gasteiger partial charge on any atom is 0.417 e. The molecule has 0 spiro atoms. The van der Waals surface area contributed by atoms with E-state index in [-0.39, 0.29) is 23.4 Å². The molecule has 2 aromatic carbocycles. The van der Waals surface area contributed by atoms with Crippen molar-refractivity contribution in [3.8, 4) is 11.3 Å². The molecule has 0 unspecified atom stereocenters. The van der Waals surface area contributed by atoms with Crippen LogP contribution in [0.1, 0.15) is 21.5 Å². The predicted octanol–water partition coefficient (Wildman–Crippen LogP) is 3.82. The van der Waals surface area contributed by atoms with Crippen LogP contribution in [0.3, 0.4) is 0 Å². The third-order valence-corrected chi connectivity index (χ3v) is 7.18. The van der Waals surface area contributed by atoms with E-state index in [4.69, 9.17) is 4.74 Å². The lowest BCUT2D eigenvalue weighted by Crippen LogP contribution is -2.39. The Hall–Kier alpha value is -4.29. The van der Waals surface area contributed by atoms with E-state index in [2.05, 4.69) is 25.6 Å². The largest absolute Gasteiger partial charge is 0.417 e. The molecule has 220 valence electrons. The lowest BCUT2D eigenvalue weighted by atomic mass is 10.0. The van der Waals surface area contributed by atoms with Crippen LogP contribution in [0.4, 0.5) is 18.9 Å². The molecule has 4 aromatic rings. The smallest absolute Gasteiger partial charge is 0.382 e. The Balaban J connectivity index is 1.30. The van der Waals surface area contributed by atoms with E-state index in [0.29, 0.717) is 6.42 Å². The van der Waals surface area contributed by atoms with Crippen molar-refractivity contribution in [3.63, 3.8) is 0 Å². The molecule has 42 heavy (non-hydrogen) atoms. The zero-order valence-electron chi connectivity index (χ0n) is 23.1. The van der Waals surface area contributed by atoms with E-state index in [1.807, 2.05) is 30.5 Å². The molecule has 2 N–H and O–H groups in total. The Morgan fingerprint density at radius 2 is 1.83 bits per heavy atom. The predicted molar refractivity (Wildman–Crippen MR) is 154 cm³/mol. The third-order valence-electron chi connectivity index (χ3n) is 7.18. The molecule has 0 bridgehead atoms. The number of hydrogen-bond donors (Lipinski definition) is 2. The highest BCUT2D eigenvalue weighted by Gasteiger charge is 2.35. The zero-order valence-corrected chi connectivity index (χ0v) is 23.1. The SMILES string of the molecule is CNC(=O)c1ccc(-c2ccc(=O)n(CCc3ccc4ncc(NCCN5CCOCC5)cc4c3)n2)cc1C(F)(F)F. The molecular weight excluding hydrogens is 549 g/mol. The number of rotatable bonds is 9. The molecule has 9 nitrogen and oxygen atoms in total. The van der Waals surface area contributed by atoms with Gasteiger partial charge in [0.1, 0.15) is 0 Å². The summed E-state index contributed by atoms with van der Waals surface area (Å²) in [6, 6.07) is 13.9. The molecular formula is C30H31F3N6O3. The number of alkyl halides is 3. The van der Waals surface area contributed by atoms with Gasteiger partial charge in [-0.05, 0) is 48.4 Å². The second-order valence-corrected chi connectivity index (χ2v) is 10.00. The fraction of sp³-hybridized carbons (Fsp3) is 0.333. The highest BCUT2D eigenvalue weighted by atomic mass is 19.4. The first-order valence-corrected chi connectivity index (χ1v) is 13.7. The van der Waals surface area contributed by atoms with Crippen LogP contribution in [-0.4, -0.2) is 72.0 Å². The Labute approximate surface area is 240 Å². The van der Waals surface area contributed by atoms with Crippen LogP contribution >= 0.6 is 0 Å². The summed E-state index contributed by atoms with van der Waals surface area (Å²) in [5.74, 6) is -0.840. The van der Waals surface area contributed by atoms with Crippen LogP contribution in [0, 0.1) is 0 Å². The van der Waals surface area contributed by atoms with Crippen LogP contribution in [0.25, 0.3) is 22.2 Å². The number of nitrogens with one attached hydrogen (secondary N) is 2. The van der Waals surface area contributed by atoms with Gasteiger partial charge in [0.05, 0.1) is 47.4 Å². The summed E-state index contributed by atoms with van der Waals surface area (Å²) in [4.78, 5) is 31.4. The van der Waals surface area contributed by atoms with Gasteiger partial charge in [0.15, 0.2) is 0 Å². The van der Waals surface area contributed by atoms with Gasteiger partial charge in [-0.2, -0.15) is 18.3 Å². The fourth-order valence-electron chi connectivity index (χ4n) is 4.89. The lowest BCUT2D eigenvalue weighted by Gasteiger charge is -2.26. The van der Waals surface area contributed by atoms with Crippen molar-refractivity contribution in [3.05, 3.63) is 87.8 Å². The quantitative estimate of drug-likeness (QED) is 0.311. The van der Waals surface area contributed by atoms with Crippen molar-refractivity contribution < 1.29 is 22.7 Å². The highest BCUT2D eigenvalue weighted by molar-refractivity contribution is 5.96. The number of pyridine rings is 1. The van der Waals surface area contributed by atoms with Gasteiger partial charge in [-0.3, -0.25) is 19.5 Å². The number of hydrogen-bond acceptors (Lipinski definition) is 7. The van der Waals surface area contributed by atoms with Gasteiger partial charge in [-0.1, -0.05) is 12.1 Å². The standard InChI is InChI=1S/C30H31F3N6O3/c1-34-29(41)24-4-3-21(18-25(24)30(31,32)33)27-6-7-28(40)39(37-27)10-8-20-2-5-26-22(16-20)17-23(19-36-26)35-9-11-38-12-14-42-15-13-38/h2-7,16-19,35H,8-15H2,1H3,(H,34,41). The monoisotopic (exact) mass is 580 g/mol. The van der Waals surface area contributed by atoms with Gasteiger partial charge in [0, 0.05) is 56.8 Å². The van der Waals surface area contributed by atoms with Crippen molar-refractivity contribution in [1.82, 2.24) is 25.0 Å². The first-order chi connectivity index (χ1) is 20.2. The minimum atomic E-state index is -4.74. The van der Waals surface area contributed by atoms with Crippen LogP contribution in [0.5, 0.6) is 0 Å². The van der Waals surface area contributed by atoms with E-state index < -0.39 is 23.2 Å². The molecule has 1 fully saturated rings. The number of aromatic nitrogens is 3. The number of ether oxygens (including phenoxy) is 1. The molecule has 0 atom stereocenters. The number of fused-ring (bicyclic) bond motifs is 1. The molecule has 1 saturated heterocycles. The lowest BCUT2D eigenvalue weighted by molar-refractivity contribution is -0.137. The minimum Gasteiger partial charge on any atom is -0.382 e. The van der Waals surface area contributed by atoms with Crippen molar-refractivity contribution >= 4 is 22.5 Å². The molecule has 0 saturated carbocycles. The summed E-state index contributed by atoms with van der Waals surface area (Å²) in [5, 5.41) is 10.9. The number of benzene rings is 2. The second kappa shape index (κ2) is 12.7. The number of halogens is 3. The van der Waals surface area contributed by atoms with Gasteiger partial charge in [0.25, 0.3) is 11.5 Å². The average molecular weight is 581 g/mol. The first kappa shape index (κ1) is 29.2. The van der Waals surface area contributed by atoms with E-state index >= 15 is 0 Å². The first-order valence-electron chi connectivity index (χ1n) is 13.7. The van der Waals surface area contributed by atoms with E-state index in [0.717, 1.165) is 73.7 Å². The molecule has 3 heterocycles. The Morgan fingerprint density at radius 1 is 1.02 bits per heavy atom. The number of aryl methyl sites for hydroxylation is 2. The second-order valence-electron chi connectivity index (χ2n) is 10.00. The Morgan fingerprint density at radius 3 is 2.60 bits per heavy atom. The molecule has 1 amide bonds. The van der Waals surface area contributed by atoms with Crippen LogP contribution in [0.2, 0.25) is 0 Å². The summed E-state index contributed by atoms with van der Waals surface area (Å²) >= 11 is 0. The van der Waals surface area contributed by atoms with Crippen molar-refractivity contribution in [2.45, 2.75) is 19.1 Å². The number of amides is 1. The average Bonchev–Trinajstić information content (AvgIpc) is 3.00. The molecule has 2 aromatic heterocycles. The van der Waals surface area contributed by atoms with Crippen LogP contribution in [0.15, 0.2) is 65.6 Å². The number of nitrogens with zero attached hydrogens (tertiary/aromatic N) is 4. The summed E-state index contributed by atoms with van der Waals surface area (Å²) in [7, 11) is 1.27.